The first kappa shape index (κ1) is 15.8. The van der Waals surface area contributed by atoms with Gasteiger partial charge in [0.1, 0.15) is 0 Å². The summed E-state index contributed by atoms with van der Waals surface area (Å²) in [5.74, 6) is 0. The summed E-state index contributed by atoms with van der Waals surface area (Å²) < 4.78 is 31.8. The van der Waals surface area contributed by atoms with Crippen LogP contribution in [0.1, 0.15) is 1.43 Å². The predicted octanol–water partition coefficient (Wildman–Crippen LogP) is -4.24. The standard InChI is InChI=1S/Co.Mn.Na.2H2O.2O.H/h;;;2*1H2;;;/q;+2;+1;;;;;-1/p-2. The van der Waals surface area contributed by atoms with E-state index in [1.54, 1.807) is 0 Å². The molecule has 0 aliphatic heterocycles. The predicted molar refractivity (Wildman–Crippen MR) is 6.92 cm³/mol. The number of rotatable bonds is 0. The Bertz CT molecular complexity index is 99.2. The van der Waals surface area contributed by atoms with Crippen LogP contribution in [0.4, 0.5) is 0 Å². The van der Waals surface area contributed by atoms with Crippen molar-refractivity contribution in [2.75, 3.05) is 0 Å². The Hall–Kier alpha value is 1.55. The van der Waals surface area contributed by atoms with E-state index in [0.717, 1.165) is 0 Å². The molecule has 0 spiro atoms. The molecule has 0 aliphatic carbocycles. The van der Waals surface area contributed by atoms with E-state index < -0.39 is 13.4 Å². The molecule has 0 aromatic rings. The summed E-state index contributed by atoms with van der Waals surface area (Å²) in [5.41, 5.74) is 0. The first-order valence-corrected chi connectivity index (χ1v) is 2.67. The van der Waals surface area contributed by atoms with Crippen molar-refractivity contribution in [2.24, 2.45) is 0 Å². The van der Waals surface area contributed by atoms with Crippen LogP contribution in [0.2, 0.25) is 0 Å². The van der Waals surface area contributed by atoms with Crippen molar-refractivity contribution < 1.29 is 77.2 Å². The van der Waals surface area contributed by atoms with Gasteiger partial charge in [0.15, 0.2) is 0 Å². The molecule has 7 heavy (non-hydrogen) atoms. The van der Waals surface area contributed by atoms with Crippen LogP contribution in [0.3, 0.4) is 0 Å². The van der Waals surface area contributed by atoms with Gasteiger partial charge in [-0.15, -0.1) is 0 Å². The van der Waals surface area contributed by atoms with Gasteiger partial charge in [0.2, 0.25) is 0 Å². The summed E-state index contributed by atoms with van der Waals surface area (Å²) >= 11 is -5.12. The fourth-order valence-corrected chi connectivity index (χ4v) is 0. The second-order valence-electron chi connectivity index (χ2n) is 0.415. The van der Waals surface area contributed by atoms with Crippen LogP contribution in [0.15, 0.2) is 0 Å². The molecule has 0 rings (SSSR count). The van der Waals surface area contributed by atoms with Crippen LogP contribution in [0.25, 0.3) is 0 Å². The Morgan fingerprint density at radius 3 is 1.29 bits per heavy atom. The molecule has 1 radical (unpaired) electrons. The molecule has 4 nitrogen and oxygen atoms in total. The summed E-state index contributed by atoms with van der Waals surface area (Å²) in [7, 11) is 0. The first-order chi connectivity index (χ1) is 2.00. The van der Waals surface area contributed by atoms with Gasteiger partial charge in [-0.1, -0.05) is 0 Å². The SMILES string of the molecule is [Co].[H-].[Na+].[O]=[Mn](=[O])([OH])[OH]. The van der Waals surface area contributed by atoms with E-state index in [0.29, 0.717) is 0 Å². The topological polar surface area (TPSA) is 74.6 Å². The second-order valence-corrected chi connectivity index (χ2v) is 1.71. The molecule has 0 aromatic carbocycles. The van der Waals surface area contributed by atoms with Crippen molar-refractivity contribution in [3.63, 3.8) is 0 Å². The quantitative estimate of drug-likeness (QED) is 0.392. The van der Waals surface area contributed by atoms with Crippen molar-refractivity contribution in [3.05, 3.63) is 0 Å². The van der Waals surface area contributed by atoms with E-state index in [2.05, 4.69) is 0 Å². The maximum absolute atomic E-state index is 8.80. The third-order valence-electron chi connectivity index (χ3n) is 0. The third-order valence-corrected chi connectivity index (χ3v) is 0. The molecule has 0 amide bonds. The summed E-state index contributed by atoms with van der Waals surface area (Å²) in [6, 6.07) is 0. The van der Waals surface area contributed by atoms with Crippen LogP contribution in [-0.4, -0.2) is 8.38 Å². The van der Waals surface area contributed by atoms with Crippen molar-refractivity contribution in [1.29, 1.82) is 0 Å². The molecule has 0 bridgehead atoms. The fraction of sp³-hybridized carbons (Fsp3) is 0. The van der Waals surface area contributed by atoms with Gasteiger partial charge in [0, 0.05) is 16.8 Å². The van der Waals surface area contributed by atoms with Crippen LogP contribution >= 0.6 is 0 Å². The Kier molecular flexibility index (Phi) is 12.8. The molecule has 0 aromatic heterocycles. The average molecular weight is 204 g/mol. The van der Waals surface area contributed by atoms with Crippen molar-refractivity contribution in [3.8, 4) is 0 Å². The fourth-order valence-electron chi connectivity index (χ4n) is 0. The monoisotopic (exact) mass is 204 g/mol. The molecule has 2 N–H and O–H groups in total. The zero-order valence-corrected chi connectivity index (χ0v) is 7.64. The zero-order chi connectivity index (χ0) is 4.50. The molecule has 0 unspecified atom stereocenters. The molecule has 0 fully saturated rings. The van der Waals surface area contributed by atoms with E-state index >= 15 is 0 Å². The Morgan fingerprint density at radius 2 is 1.29 bits per heavy atom. The molecular formula is H3CoMnNaO4. The van der Waals surface area contributed by atoms with Gasteiger partial charge in [-0.2, -0.15) is 0 Å². The van der Waals surface area contributed by atoms with Crippen molar-refractivity contribution in [2.45, 2.75) is 0 Å². The summed E-state index contributed by atoms with van der Waals surface area (Å²) in [6.07, 6.45) is 0. The van der Waals surface area contributed by atoms with Crippen molar-refractivity contribution in [1.82, 2.24) is 0 Å². The van der Waals surface area contributed by atoms with E-state index in [1.165, 1.54) is 0 Å². The zero-order valence-electron chi connectivity index (χ0n) is 4.42. The molecule has 0 atom stereocenters. The summed E-state index contributed by atoms with van der Waals surface area (Å²) in [4.78, 5) is 0. The van der Waals surface area contributed by atoms with Crippen LogP contribution in [0.5, 0.6) is 0 Å². The second kappa shape index (κ2) is 5.68. The van der Waals surface area contributed by atoms with Gasteiger partial charge in [-0.05, 0) is 0 Å². The Labute approximate surface area is 76.5 Å². The molecule has 0 aliphatic rings. The van der Waals surface area contributed by atoms with Gasteiger partial charge in [0.05, 0.1) is 0 Å². The van der Waals surface area contributed by atoms with Gasteiger partial charge >= 0.3 is 59.0 Å². The molecule has 0 saturated carbocycles. The third kappa shape index (κ3) is 97.1. The molecule has 7 heteroatoms. The Morgan fingerprint density at radius 1 is 1.29 bits per heavy atom. The Balaban J connectivity index is -0.0000000267. The molecule has 44 valence electrons. The number of hydrogen-bond acceptors (Lipinski definition) is 2. The minimum absolute atomic E-state index is 0. The maximum atomic E-state index is 8.80. The van der Waals surface area contributed by atoms with Gasteiger partial charge < -0.3 is 1.43 Å². The van der Waals surface area contributed by atoms with Crippen LogP contribution < -0.4 is 29.6 Å². The van der Waals surface area contributed by atoms with E-state index in [4.69, 9.17) is 16.0 Å². The van der Waals surface area contributed by atoms with E-state index in [9.17, 15) is 0 Å². The summed E-state index contributed by atoms with van der Waals surface area (Å²) in [5, 5.41) is 0. The van der Waals surface area contributed by atoms with Gasteiger partial charge in [-0.25, -0.2) is 0 Å². The summed E-state index contributed by atoms with van der Waals surface area (Å²) in [6.45, 7) is 0. The molecule has 0 saturated heterocycles. The van der Waals surface area contributed by atoms with Gasteiger partial charge in [-0.3, -0.25) is 0 Å². The van der Waals surface area contributed by atoms with Gasteiger partial charge in [0.25, 0.3) is 0 Å². The van der Waals surface area contributed by atoms with Crippen LogP contribution in [-0.2, 0) is 37.8 Å². The molecular weight excluding hydrogens is 201 g/mol. The molecule has 0 heterocycles. The first-order valence-electron chi connectivity index (χ1n) is 0.647. The van der Waals surface area contributed by atoms with E-state index in [1.807, 2.05) is 0 Å². The minimum atomic E-state index is -5.12. The van der Waals surface area contributed by atoms with Crippen molar-refractivity contribution >= 4 is 0 Å². The number of hydrogen-bond donors (Lipinski definition) is 2. The average Bonchev–Trinajstić information content (AvgIpc) is 0.722. The normalized spacial score (nSPS) is 8.29. The van der Waals surface area contributed by atoms with E-state index in [-0.39, 0.29) is 47.8 Å². The van der Waals surface area contributed by atoms with Crippen LogP contribution in [0, 0.1) is 0 Å².